The number of fused-ring (bicyclic) bond motifs is 1. The summed E-state index contributed by atoms with van der Waals surface area (Å²) in [5.74, 6) is -0.687. The summed E-state index contributed by atoms with van der Waals surface area (Å²) in [7, 11) is 0. The van der Waals surface area contributed by atoms with Crippen LogP contribution < -0.4 is 5.32 Å². The number of aryl methyl sites for hydroxylation is 1. The molecule has 2 heterocycles. The number of amides is 3. The fraction of sp³-hybridized carbons (Fsp3) is 0.207. The Morgan fingerprint density at radius 2 is 1.60 bits per heavy atom. The van der Waals surface area contributed by atoms with Crippen LogP contribution in [0.25, 0.3) is 10.8 Å². The number of Topliss-reactive ketones (excluding diaryl/α,β-unsaturated/α-hetero) is 1. The molecule has 1 aliphatic heterocycles. The lowest BCUT2D eigenvalue weighted by atomic mass is 9.88. The van der Waals surface area contributed by atoms with Crippen molar-refractivity contribution < 1.29 is 14.4 Å². The number of benzene rings is 3. The van der Waals surface area contributed by atoms with Gasteiger partial charge in [0.2, 0.25) is 0 Å². The molecule has 6 nitrogen and oxygen atoms in total. The highest BCUT2D eigenvalue weighted by Gasteiger charge is 2.50. The maximum Gasteiger partial charge on any atom is 0.325 e. The van der Waals surface area contributed by atoms with Crippen LogP contribution in [-0.4, -0.2) is 33.7 Å². The average Bonchev–Trinajstić information content (AvgIpc) is 3.26. The highest BCUT2D eigenvalue weighted by Crippen LogP contribution is 2.34. The van der Waals surface area contributed by atoms with Gasteiger partial charge in [-0.1, -0.05) is 72.8 Å². The summed E-state index contributed by atoms with van der Waals surface area (Å²) < 4.78 is 2.08. The number of carbonyl (C=O) groups is 3. The van der Waals surface area contributed by atoms with E-state index in [2.05, 4.69) is 9.88 Å². The topological polar surface area (TPSA) is 71.4 Å². The van der Waals surface area contributed by atoms with Gasteiger partial charge in [-0.25, -0.2) is 4.79 Å². The molecule has 1 saturated heterocycles. The minimum Gasteiger partial charge on any atom is -0.344 e. The van der Waals surface area contributed by atoms with E-state index in [0.717, 1.165) is 32.6 Å². The molecule has 35 heavy (non-hydrogen) atoms. The zero-order chi connectivity index (χ0) is 24.7. The minimum atomic E-state index is -1.25. The predicted molar refractivity (Wildman–Crippen MR) is 135 cm³/mol. The number of hydrogen-bond donors (Lipinski definition) is 1. The normalized spacial score (nSPS) is 17.7. The Hall–Kier alpha value is -4.19. The number of ketones is 1. The van der Waals surface area contributed by atoms with E-state index in [4.69, 9.17) is 0 Å². The van der Waals surface area contributed by atoms with Crippen LogP contribution in [0.1, 0.15) is 39.8 Å². The number of urea groups is 1. The lowest BCUT2D eigenvalue weighted by Crippen LogP contribution is -2.41. The van der Waals surface area contributed by atoms with Crippen LogP contribution >= 0.6 is 0 Å². The number of rotatable bonds is 6. The molecule has 3 amide bonds. The smallest absolute Gasteiger partial charge is 0.325 e. The SMILES string of the molecule is Cc1cc(C(=O)CN2C(=O)NC(C)(c3cccc4ccccc34)C2=O)c(C)n1Cc1ccccc1. The van der Waals surface area contributed by atoms with Crippen LogP contribution in [0.15, 0.2) is 78.9 Å². The Balaban J connectivity index is 1.41. The summed E-state index contributed by atoms with van der Waals surface area (Å²) in [5, 5.41) is 4.71. The molecular weight excluding hydrogens is 438 g/mol. The van der Waals surface area contributed by atoms with Crippen molar-refractivity contribution >= 4 is 28.5 Å². The van der Waals surface area contributed by atoms with Gasteiger partial charge in [0.1, 0.15) is 5.54 Å². The van der Waals surface area contributed by atoms with E-state index in [-0.39, 0.29) is 12.3 Å². The van der Waals surface area contributed by atoms with Gasteiger partial charge in [-0.15, -0.1) is 0 Å². The number of carbonyl (C=O) groups excluding carboxylic acids is 3. The fourth-order valence-corrected chi connectivity index (χ4v) is 5.01. The first kappa shape index (κ1) is 22.6. The van der Waals surface area contributed by atoms with E-state index in [1.165, 1.54) is 0 Å². The minimum absolute atomic E-state index is 0.261. The van der Waals surface area contributed by atoms with Crippen LogP contribution in [0.5, 0.6) is 0 Å². The molecule has 1 aliphatic rings. The first-order chi connectivity index (χ1) is 16.8. The van der Waals surface area contributed by atoms with Crippen LogP contribution in [0.3, 0.4) is 0 Å². The van der Waals surface area contributed by atoms with Gasteiger partial charge in [-0.05, 0) is 48.7 Å². The molecule has 1 N–H and O–H groups in total. The molecule has 1 aromatic heterocycles. The van der Waals surface area contributed by atoms with E-state index in [1.807, 2.05) is 92.7 Å². The highest BCUT2D eigenvalue weighted by molar-refractivity contribution is 6.12. The van der Waals surface area contributed by atoms with E-state index >= 15 is 0 Å². The quantitative estimate of drug-likeness (QED) is 0.323. The Morgan fingerprint density at radius 1 is 0.914 bits per heavy atom. The highest BCUT2D eigenvalue weighted by atomic mass is 16.2. The molecule has 0 saturated carbocycles. The molecule has 3 aromatic carbocycles. The summed E-state index contributed by atoms with van der Waals surface area (Å²) in [6.45, 7) is 5.90. The standard InChI is InChI=1S/C29H27N3O3/c1-19-16-24(20(2)31(19)17-21-10-5-4-6-11-21)26(33)18-32-27(34)29(3,30-28(32)35)25-15-9-13-22-12-7-8-14-23(22)25/h4-16H,17-18H2,1-3H3,(H,30,35). The monoisotopic (exact) mass is 465 g/mol. The largest absolute Gasteiger partial charge is 0.344 e. The summed E-state index contributed by atoms with van der Waals surface area (Å²) in [5.41, 5.74) is 2.89. The molecular formula is C29H27N3O3. The fourth-order valence-electron chi connectivity index (χ4n) is 5.01. The molecule has 1 atom stereocenters. The van der Waals surface area contributed by atoms with Crippen molar-refractivity contribution in [1.82, 2.24) is 14.8 Å². The van der Waals surface area contributed by atoms with Crippen LogP contribution in [0.2, 0.25) is 0 Å². The van der Waals surface area contributed by atoms with Crippen molar-refractivity contribution in [1.29, 1.82) is 0 Å². The Morgan fingerprint density at radius 3 is 2.37 bits per heavy atom. The molecule has 4 aromatic rings. The third-order valence-electron chi connectivity index (χ3n) is 6.96. The van der Waals surface area contributed by atoms with E-state index in [9.17, 15) is 14.4 Å². The van der Waals surface area contributed by atoms with Gasteiger partial charge in [0.05, 0.1) is 6.54 Å². The van der Waals surface area contributed by atoms with Gasteiger partial charge in [-0.2, -0.15) is 0 Å². The number of nitrogens with one attached hydrogen (secondary N) is 1. The molecule has 0 aliphatic carbocycles. The first-order valence-electron chi connectivity index (χ1n) is 11.7. The molecule has 0 radical (unpaired) electrons. The van der Waals surface area contributed by atoms with E-state index in [0.29, 0.717) is 17.7 Å². The van der Waals surface area contributed by atoms with Crippen LogP contribution in [0.4, 0.5) is 4.79 Å². The third-order valence-corrected chi connectivity index (χ3v) is 6.96. The molecule has 0 spiro atoms. The number of hydrogen-bond acceptors (Lipinski definition) is 3. The third kappa shape index (κ3) is 3.81. The van der Waals surface area contributed by atoms with Crippen molar-refractivity contribution in [2.24, 2.45) is 0 Å². The number of nitrogens with zero attached hydrogens (tertiary/aromatic N) is 2. The lowest BCUT2D eigenvalue weighted by Gasteiger charge is -2.24. The summed E-state index contributed by atoms with van der Waals surface area (Å²) in [6, 6.07) is 24.7. The van der Waals surface area contributed by atoms with Gasteiger partial charge < -0.3 is 9.88 Å². The zero-order valence-corrected chi connectivity index (χ0v) is 20.0. The van der Waals surface area contributed by atoms with Crippen molar-refractivity contribution in [2.75, 3.05) is 6.54 Å². The molecule has 176 valence electrons. The van der Waals surface area contributed by atoms with Gasteiger partial charge in [0.25, 0.3) is 5.91 Å². The maximum atomic E-state index is 13.5. The average molecular weight is 466 g/mol. The van der Waals surface area contributed by atoms with Gasteiger partial charge in [0, 0.05) is 23.5 Å². The van der Waals surface area contributed by atoms with Crippen molar-refractivity contribution in [3.63, 3.8) is 0 Å². The van der Waals surface area contributed by atoms with Crippen molar-refractivity contribution in [3.8, 4) is 0 Å². The molecule has 5 rings (SSSR count). The summed E-state index contributed by atoms with van der Waals surface area (Å²) >= 11 is 0. The molecule has 1 fully saturated rings. The lowest BCUT2D eigenvalue weighted by molar-refractivity contribution is -0.130. The second kappa shape index (κ2) is 8.55. The van der Waals surface area contributed by atoms with Crippen molar-refractivity contribution in [2.45, 2.75) is 32.9 Å². The summed E-state index contributed by atoms with van der Waals surface area (Å²) in [6.07, 6.45) is 0. The summed E-state index contributed by atoms with van der Waals surface area (Å²) in [4.78, 5) is 40.8. The second-order valence-corrected chi connectivity index (χ2v) is 9.25. The van der Waals surface area contributed by atoms with Crippen molar-refractivity contribution in [3.05, 3.63) is 107 Å². The van der Waals surface area contributed by atoms with Crippen LogP contribution in [0, 0.1) is 13.8 Å². The first-order valence-corrected chi connectivity index (χ1v) is 11.7. The van der Waals surface area contributed by atoms with E-state index in [1.54, 1.807) is 6.92 Å². The van der Waals surface area contributed by atoms with Gasteiger partial charge >= 0.3 is 6.03 Å². The molecule has 0 bridgehead atoms. The van der Waals surface area contributed by atoms with Gasteiger partial charge in [0.15, 0.2) is 5.78 Å². The zero-order valence-electron chi connectivity index (χ0n) is 20.0. The van der Waals surface area contributed by atoms with Crippen LogP contribution in [-0.2, 0) is 16.9 Å². The molecule has 6 heteroatoms. The Kier molecular flexibility index (Phi) is 5.52. The maximum absolute atomic E-state index is 13.5. The van der Waals surface area contributed by atoms with Gasteiger partial charge in [-0.3, -0.25) is 14.5 Å². The molecule has 1 unspecified atom stereocenters. The second-order valence-electron chi connectivity index (χ2n) is 9.25. The van der Waals surface area contributed by atoms with E-state index < -0.39 is 17.5 Å². The Labute approximate surface area is 204 Å². The Bertz CT molecular complexity index is 1470. The number of aromatic nitrogens is 1. The predicted octanol–water partition coefficient (Wildman–Crippen LogP) is 4.96. The number of imide groups is 1.